The van der Waals surface area contributed by atoms with Crippen molar-refractivity contribution in [2.24, 2.45) is 0 Å². The molecule has 110 valence electrons. The number of benzene rings is 1. The summed E-state index contributed by atoms with van der Waals surface area (Å²) in [5.41, 5.74) is 2.94. The van der Waals surface area contributed by atoms with Gasteiger partial charge in [0.1, 0.15) is 0 Å². The van der Waals surface area contributed by atoms with Crippen molar-refractivity contribution in [2.75, 3.05) is 11.9 Å². The molecule has 0 saturated carbocycles. The highest BCUT2D eigenvalue weighted by Crippen LogP contribution is 2.20. The minimum absolute atomic E-state index is 0.0427. The van der Waals surface area contributed by atoms with E-state index in [2.05, 4.69) is 16.0 Å². The third kappa shape index (κ3) is 4.91. The van der Waals surface area contributed by atoms with E-state index in [9.17, 15) is 9.59 Å². The Morgan fingerprint density at radius 2 is 1.95 bits per heavy atom. The zero-order valence-corrected chi connectivity index (χ0v) is 12.5. The molecule has 0 heterocycles. The maximum atomic E-state index is 11.9. The van der Waals surface area contributed by atoms with Crippen LogP contribution in [0.25, 0.3) is 0 Å². The number of carbonyl (C=O) groups excluding carboxylic acids is 2. The van der Waals surface area contributed by atoms with E-state index in [1.807, 2.05) is 45.9 Å². The monoisotopic (exact) mass is 277 g/mol. The van der Waals surface area contributed by atoms with Crippen molar-refractivity contribution in [3.8, 4) is 0 Å². The molecule has 0 spiro atoms. The normalized spacial score (nSPS) is 10.2. The van der Waals surface area contributed by atoms with Gasteiger partial charge >= 0.3 is 6.03 Å². The minimum Gasteiger partial charge on any atom is -0.336 e. The topological polar surface area (TPSA) is 70.2 Å². The predicted octanol–water partition coefficient (Wildman–Crippen LogP) is 2.20. The molecule has 3 amide bonds. The lowest BCUT2D eigenvalue weighted by atomic mass is 10.1. The number of rotatable bonds is 5. The van der Waals surface area contributed by atoms with Crippen molar-refractivity contribution in [2.45, 2.75) is 40.2 Å². The lowest BCUT2D eigenvalue weighted by Gasteiger charge is -2.14. The number of urea groups is 1. The van der Waals surface area contributed by atoms with Crippen molar-refractivity contribution < 1.29 is 9.59 Å². The molecule has 0 unspecified atom stereocenters. The van der Waals surface area contributed by atoms with Crippen LogP contribution in [0.1, 0.15) is 31.9 Å². The van der Waals surface area contributed by atoms with Crippen molar-refractivity contribution in [3.63, 3.8) is 0 Å². The van der Waals surface area contributed by atoms with Gasteiger partial charge in [-0.25, -0.2) is 4.79 Å². The van der Waals surface area contributed by atoms with Gasteiger partial charge in [0.15, 0.2) is 0 Å². The summed E-state index contributed by atoms with van der Waals surface area (Å²) in [5.74, 6) is -0.229. The van der Waals surface area contributed by atoms with Crippen LogP contribution in [-0.2, 0) is 11.2 Å². The summed E-state index contributed by atoms with van der Waals surface area (Å²) in [4.78, 5) is 23.3. The van der Waals surface area contributed by atoms with Gasteiger partial charge in [-0.3, -0.25) is 4.79 Å². The Kier molecular flexibility index (Phi) is 6.03. The van der Waals surface area contributed by atoms with Gasteiger partial charge in [-0.05, 0) is 38.3 Å². The van der Waals surface area contributed by atoms with Crippen LogP contribution < -0.4 is 16.0 Å². The van der Waals surface area contributed by atoms with E-state index >= 15 is 0 Å². The molecule has 5 nitrogen and oxygen atoms in total. The Morgan fingerprint density at radius 1 is 1.25 bits per heavy atom. The van der Waals surface area contributed by atoms with Crippen LogP contribution in [0.5, 0.6) is 0 Å². The van der Waals surface area contributed by atoms with Gasteiger partial charge in [-0.1, -0.05) is 25.1 Å². The summed E-state index contributed by atoms with van der Waals surface area (Å²) in [6, 6.07) is 5.62. The molecular formula is C15H23N3O2. The van der Waals surface area contributed by atoms with Gasteiger partial charge in [-0.15, -0.1) is 0 Å². The number of para-hydroxylation sites is 1. The smallest absolute Gasteiger partial charge is 0.315 e. The molecule has 0 saturated heterocycles. The molecule has 3 N–H and O–H groups in total. The first-order valence-electron chi connectivity index (χ1n) is 6.86. The maximum Gasteiger partial charge on any atom is 0.315 e. The van der Waals surface area contributed by atoms with E-state index < -0.39 is 0 Å². The first-order chi connectivity index (χ1) is 9.43. The molecule has 0 aromatic heterocycles. The van der Waals surface area contributed by atoms with E-state index in [4.69, 9.17) is 0 Å². The van der Waals surface area contributed by atoms with Crippen molar-refractivity contribution in [3.05, 3.63) is 29.3 Å². The first-order valence-corrected chi connectivity index (χ1v) is 6.86. The van der Waals surface area contributed by atoms with Crippen LogP contribution in [0.4, 0.5) is 10.5 Å². The van der Waals surface area contributed by atoms with Crippen LogP contribution in [0.3, 0.4) is 0 Å². The largest absolute Gasteiger partial charge is 0.336 e. The summed E-state index contributed by atoms with van der Waals surface area (Å²) in [6.07, 6.45) is 0.846. The minimum atomic E-state index is -0.337. The summed E-state index contributed by atoms with van der Waals surface area (Å²) in [5, 5.41) is 8.05. The van der Waals surface area contributed by atoms with Crippen LogP contribution in [0.15, 0.2) is 18.2 Å². The van der Waals surface area contributed by atoms with Crippen molar-refractivity contribution >= 4 is 17.6 Å². The summed E-state index contributed by atoms with van der Waals surface area (Å²) in [6.45, 7) is 7.67. The van der Waals surface area contributed by atoms with Crippen LogP contribution >= 0.6 is 0 Å². The predicted molar refractivity (Wildman–Crippen MR) is 80.9 cm³/mol. The average molecular weight is 277 g/mol. The number of amides is 3. The number of hydrogen-bond donors (Lipinski definition) is 3. The Balaban J connectivity index is 2.57. The molecule has 0 radical (unpaired) electrons. The summed E-state index contributed by atoms with van der Waals surface area (Å²) < 4.78 is 0. The van der Waals surface area contributed by atoms with Crippen molar-refractivity contribution in [1.82, 2.24) is 10.6 Å². The van der Waals surface area contributed by atoms with E-state index in [-0.39, 0.29) is 24.5 Å². The lowest BCUT2D eigenvalue weighted by molar-refractivity contribution is -0.115. The highest BCUT2D eigenvalue weighted by atomic mass is 16.2. The van der Waals surface area contributed by atoms with Gasteiger partial charge in [0, 0.05) is 11.7 Å². The van der Waals surface area contributed by atoms with Gasteiger partial charge in [-0.2, -0.15) is 0 Å². The molecule has 20 heavy (non-hydrogen) atoms. The highest BCUT2D eigenvalue weighted by Gasteiger charge is 2.10. The second-order valence-corrected chi connectivity index (χ2v) is 4.99. The molecule has 0 aliphatic rings. The number of anilines is 1. The van der Waals surface area contributed by atoms with Gasteiger partial charge in [0.25, 0.3) is 0 Å². The summed E-state index contributed by atoms with van der Waals surface area (Å²) >= 11 is 0. The fourth-order valence-electron chi connectivity index (χ4n) is 1.86. The Hall–Kier alpha value is -2.04. The molecule has 1 aromatic rings. The Morgan fingerprint density at radius 3 is 2.55 bits per heavy atom. The number of nitrogens with one attached hydrogen (secondary N) is 3. The number of hydrogen-bond acceptors (Lipinski definition) is 2. The zero-order chi connectivity index (χ0) is 15.1. The lowest BCUT2D eigenvalue weighted by Crippen LogP contribution is -2.42. The zero-order valence-electron chi connectivity index (χ0n) is 12.5. The van der Waals surface area contributed by atoms with Crippen LogP contribution in [0.2, 0.25) is 0 Å². The Bertz CT molecular complexity index is 484. The van der Waals surface area contributed by atoms with E-state index in [1.54, 1.807) is 0 Å². The third-order valence-electron chi connectivity index (χ3n) is 2.83. The fraction of sp³-hybridized carbons (Fsp3) is 0.467. The van der Waals surface area contributed by atoms with Crippen LogP contribution in [-0.4, -0.2) is 24.5 Å². The summed E-state index contributed by atoms with van der Waals surface area (Å²) in [7, 11) is 0. The molecule has 0 aliphatic carbocycles. The first kappa shape index (κ1) is 16.0. The second kappa shape index (κ2) is 7.53. The number of carbonyl (C=O) groups is 2. The van der Waals surface area contributed by atoms with Crippen molar-refractivity contribution in [1.29, 1.82) is 0 Å². The Labute approximate surface area is 120 Å². The van der Waals surface area contributed by atoms with E-state index in [0.29, 0.717) is 0 Å². The molecule has 0 fully saturated rings. The molecule has 0 bridgehead atoms. The molecule has 0 atom stereocenters. The maximum absolute atomic E-state index is 11.9. The number of aryl methyl sites for hydroxylation is 2. The fourth-order valence-corrected chi connectivity index (χ4v) is 1.86. The van der Waals surface area contributed by atoms with Gasteiger partial charge in [0.05, 0.1) is 6.54 Å². The molecule has 5 heteroatoms. The molecular weight excluding hydrogens is 254 g/mol. The second-order valence-electron chi connectivity index (χ2n) is 4.99. The van der Waals surface area contributed by atoms with E-state index in [1.165, 1.54) is 0 Å². The standard InChI is InChI=1S/C15H23N3O2/c1-5-12-8-6-7-11(4)14(12)18-13(19)9-16-15(20)17-10(2)3/h6-8,10H,5,9H2,1-4H3,(H,18,19)(H2,16,17,20). The highest BCUT2D eigenvalue weighted by molar-refractivity contribution is 5.95. The van der Waals surface area contributed by atoms with Gasteiger partial charge < -0.3 is 16.0 Å². The quantitative estimate of drug-likeness (QED) is 0.772. The van der Waals surface area contributed by atoms with Gasteiger partial charge in [0.2, 0.25) is 5.91 Å². The molecule has 1 aromatic carbocycles. The molecule has 0 aliphatic heterocycles. The molecule has 1 rings (SSSR count). The SMILES string of the molecule is CCc1cccc(C)c1NC(=O)CNC(=O)NC(C)C. The van der Waals surface area contributed by atoms with Crippen LogP contribution in [0, 0.1) is 6.92 Å². The third-order valence-corrected chi connectivity index (χ3v) is 2.83. The average Bonchev–Trinajstić information content (AvgIpc) is 2.38. The van der Waals surface area contributed by atoms with E-state index in [0.717, 1.165) is 23.2 Å².